The number of amides is 1. The second kappa shape index (κ2) is 7.61. The van der Waals surface area contributed by atoms with Gasteiger partial charge in [0.1, 0.15) is 11.6 Å². The molecule has 116 valence electrons. The highest BCUT2D eigenvalue weighted by Crippen LogP contribution is 2.14. The maximum atomic E-state index is 13.8. The number of aromatic nitrogens is 1. The Labute approximate surface area is 127 Å². The van der Waals surface area contributed by atoms with Gasteiger partial charge in [-0.05, 0) is 29.8 Å². The van der Waals surface area contributed by atoms with Crippen LogP contribution in [0.5, 0.6) is 0 Å². The van der Waals surface area contributed by atoms with Gasteiger partial charge in [0.15, 0.2) is 0 Å². The lowest BCUT2D eigenvalue weighted by atomic mass is 10.1. The van der Waals surface area contributed by atoms with E-state index in [1.165, 1.54) is 12.0 Å². The minimum atomic E-state index is -0.873. The van der Waals surface area contributed by atoms with E-state index in [-0.39, 0.29) is 5.56 Å². The van der Waals surface area contributed by atoms with Crippen molar-refractivity contribution in [2.24, 2.45) is 0 Å². The highest BCUT2D eigenvalue weighted by Gasteiger charge is 2.19. The summed E-state index contributed by atoms with van der Waals surface area (Å²) in [5.74, 6) is -2.10. The van der Waals surface area contributed by atoms with E-state index in [1.54, 1.807) is 24.5 Å². The average molecular weight is 306 g/mol. The zero-order valence-electron chi connectivity index (χ0n) is 12.1. The summed E-state index contributed by atoms with van der Waals surface area (Å²) in [6, 6.07) is 6.47. The van der Waals surface area contributed by atoms with Crippen LogP contribution in [0.2, 0.25) is 0 Å². The minimum absolute atomic E-state index is 0.161. The number of halogens is 2. The van der Waals surface area contributed by atoms with Gasteiger partial charge in [-0.3, -0.25) is 9.78 Å². The lowest BCUT2D eigenvalue weighted by molar-refractivity contribution is 0.0675. The SMILES string of the molecule is COCCN(Cc1ccncc1)C(=O)c1ccc(F)cc1F. The van der Waals surface area contributed by atoms with Crippen LogP contribution in [0.25, 0.3) is 0 Å². The molecule has 4 nitrogen and oxygen atoms in total. The van der Waals surface area contributed by atoms with E-state index in [0.717, 1.165) is 17.7 Å². The van der Waals surface area contributed by atoms with Crippen molar-refractivity contribution in [1.82, 2.24) is 9.88 Å². The molecule has 22 heavy (non-hydrogen) atoms. The Balaban J connectivity index is 2.22. The first kappa shape index (κ1) is 16.0. The van der Waals surface area contributed by atoms with E-state index in [1.807, 2.05) is 0 Å². The molecule has 0 radical (unpaired) electrons. The molecule has 0 aliphatic carbocycles. The number of carbonyl (C=O) groups is 1. The second-order valence-electron chi connectivity index (χ2n) is 4.70. The lowest BCUT2D eigenvalue weighted by Gasteiger charge is -2.22. The molecule has 0 saturated carbocycles. The fourth-order valence-electron chi connectivity index (χ4n) is 2.00. The molecular weight excluding hydrogens is 290 g/mol. The number of nitrogens with zero attached hydrogens (tertiary/aromatic N) is 2. The first-order valence-electron chi connectivity index (χ1n) is 6.74. The zero-order valence-corrected chi connectivity index (χ0v) is 12.1. The largest absolute Gasteiger partial charge is 0.383 e. The number of ether oxygens (including phenoxy) is 1. The van der Waals surface area contributed by atoms with E-state index < -0.39 is 17.5 Å². The normalized spacial score (nSPS) is 10.5. The third-order valence-electron chi connectivity index (χ3n) is 3.14. The molecule has 2 aromatic rings. The van der Waals surface area contributed by atoms with Crippen molar-refractivity contribution in [3.8, 4) is 0 Å². The quantitative estimate of drug-likeness (QED) is 0.824. The van der Waals surface area contributed by atoms with Crippen LogP contribution in [-0.4, -0.2) is 36.1 Å². The molecule has 0 atom stereocenters. The van der Waals surface area contributed by atoms with Gasteiger partial charge in [0.05, 0.1) is 12.2 Å². The van der Waals surface area contributed by atoms with Crippen LogP contribution in [0.15, 0.2) is 42.7 Å². The predicted octanol–water partition coefficient (Wildman–Crippen LogP) is 2.65. The van der Waals surface area contributed by atoms with Crippen LogP contribution in [0.1, 0.15) is 15.9 Å². The lowest BCUT2D eigenvalue weighted by Crippen LogP contribution is -2.34. The molecule has 2 rings (SSSR count). The molecule has 0 spiro atoms. The fraction of sp³-hybridized carbons (Fsp3) is 0.250. The Morgan fingerprint density at radius 2 is 1.95 bits per heavy atom. The Morgan fingerprint density at radius 1 is 1.23 bits per heavy atom. The Hall–Kier alpha value is -2.34. The highest BCUT2D eigenvalue weighted by molar-refractivity contribution is 5.94. The van der Waals surface area contributed by atoms with Crippen molar-refractivity contribution in [3.63, 3.8) is 0 Å². The molecule has 6 heteroatoms. The van der Waals surface area contributed by atoms with Crippen molar-refractivity contribution >= 4 is 5.91 Å². The molecule has 0 N–H and O–H groups in total. The highest BCUT2D eigenvalue weighted by atomic mass is 19.1. The van der Waals surface area contributed by atoms with E-state index in [9.17, 15) is 13.6 Å². The Morgan fingerprint density at radius 3 is 2.59 bits per heavy atom. The van der Waals surface area contributed by atoms with E-state index in [2.05, 4.69) is 4.98 Å². The van der Waals surface area contributed by atoms with Crippen LogP contribution < -0.4 is 0 Å². The summed E-state index contributed by atoms with van der Waals surface area (Å²) in [7, 11) is 1.52. The molecule has 0 bridgehead atoms. The average Bonchev–Trinajstić information content (AvgIpc) is 2.52. The first-order chi connectivity index (χ1) is 10.6. The summed E-state index contributed by atoms with van der Waals surface area (Å²) in [5, 5.41) is 0. The first-order valence-corrected chi connectivity index (χ1v) is 6.74. The number of hydrogen-bond donors (Lipinski definition) is 0. The van der Waals surface area contributed by atoms with Gasteiger partial charge in [0.25, 0.3) is 5.91 Å². The van der Waals surface area contributed by atoms with E-state index in [0.29, 0.717) is 25.8 Å². The zero-order chi connectivity index (χ0) is 15.9. The number of rotatable bonds is 6. The second-order valence-corrected chi connectivity index (χ2v) is 4.70. The van der Waals surface area contributed by atoms with Gasteiger partial charge in [-0.15, -0.1) is 0 Å². The number of benzene rings is 1. The van der Waals surface area contributed by atoms with Crippen molar-refractivity contribution in [2.45, 2.75) is 6.54 Å². The molecule has 0 aliphatic rings. The van der Waals surface area contributed by atoms with Gasteiger partial charge >= 0.3 is 0 Å². The summed E-state index contributed by atoms with van der Waals surface area (Å²) in [6.07, 6.45) is 3.24. The maximum absolute atomic E-state index is 13.8. The van der Waals surface area contributed by atoms with Crippen LogP contribution in [0, 0.1) is 11.6 Å². The van der Waals surface area contributed by atoms with Crippen molar-refractivity contribution < 1.29 is 18.3 Å². The number of hydrogen-bond acceptors (Lipinski definition) is 3. The Bertz CT molecular complexity index is 635. The molecular formula is C16H16F2N2O2. The monoisotopic (exact) mass is 306 g/mol. The standard InChI is InChI=1S/C16H16F2N2O2/c1-22-9-8-20(11-12-4-6-19-7-5-12)16(21)14-3-2-13(17)10-15(14)18/h2-7,10H,8-9,11H2,1H3. The third-order valence-corrected chi connectivity index (χ3v) is 3.14. The molecule has 1 aromatic carbocycles. The fourth-order valence-corrected chi connectivity index (χ4v) is 2.00. The number of carbonyl (C=O) groups excluding carboxylic acids is 1. The molecule has 1 aromatic heterocycles. The van der Waals surface area contributed by atoms with Gasteiger partial charge < -0.3 is 9.64 Å². The van der Waals surface area contributed by atoms with Gasteiger partial charge in [0, 0.05) is 38.7 Å². The van der Waals surface area contributed by atoms with Crippen LogP contribution >= 0.6 is 0 Å². The van der Waals surface area contributed by atoms with Gasteiger partial charge in [0.2, 0.25) is 0 Å². The molecule has 0 saturated heterocycles. The van der Waals surface area contributed by atoms with E-state index >= 15 is 0 Å². The molecule has 1 amide bonds. The third kappa shape index (κ3) is 4.08. The maximum Gasteiger partial charge on any atom is 0.257 e. The van der Waals surface area contributed by atoms with E-state index in [4.69, 9.17) is 4.74 Å². The number of methoxy groups -OCH3 is 1. The summed E-state index contributed by atoms with van der Waals surface area (Å²) in [6.45, 7) is 0.912. The predicted molar refractivity (Wildman–Crippen MR) is 77.2 cm³/mol. The van der Waals surface area contributed by atoms with Gasteiger partial charge in [-0.25, -0.2) is 8.78 Å². The van der Waals surface area contributed by atoms with Crippen molar-refractivity contribution in [2.75, 3.05) is 20.3 Å². The topological polar surface area (TPSA) is 42.4 Å². The molecule has 0 unspecified atom stereocenters. The van der Waals surface area contributed by atoms with Crippen LogP contribution in [0.3, 0.4) is 0 Å². The Kier molecular flexibility index (Phi) is 5.55. The summed E-state index contributed by atoms with van der Waals surface area (Å²) >= 11 is 0. The number of pyridine rings is 1. The smallest absolute Gasteiger partial charge is 0.257 e. The van der Waals surface area contributed by atoms with Gasteiger partial charge in [-0.2, -0.15) is 0 Å². The van der Waals surface area contributed by atoms with Crippen molar-refractivity contribution in [3.05, 3.63) is 65.5 Å². The minimum Gasteiger partial charge on any atom is -0.383 e. The molecule has 0 aliphatic heterocycles. The van der Waals surface area contributed by atoms with Gasteiger partial charge in [-0.1, -0.05) is 0 Å². The summed E-state index contributed by atoms with van der Waals surface area (Å²) < 4.78 is 31.7. The van der Waals surface area contributed by atoms with Crippen molar-refractivity contribution in [1.29, 1.82) is 0 Å². The van der Waals surface area contributed by atoms with Crippen LogP contribution in [0.4, 0.5) is 8.78 Å². The summed E-state index contributed by atoms with van der Waals surface area (Å²) in [4.78, 5) is 17.8. The van der Waals surface area contributed by atoms with Crippen LogP contribution in [-0.2, 0) is 11.3 Å². The molecule has 1 heterocycles. The molecule has 0 fully saturated rings. The summed E-state index contributed by atoms with van der Waals surface area (Å²) in [5.41, 5.74) is 0.702.